The van der Waals surface area contributed by atoms with Gasteiger partial charge in [-0.1, -0.05) is 6.07 Å². The summed E-state index contributed by atoms with van der Waals surface area (Å²) in [5, 5.41) is 20.1. The molecular formula is C15H16N2O5S. The second-order valence-corrected chi connectivity index (χ2v) is 5.36. The van der Waals surface area contributed by atoms with Crippen LogP contribution in [0, 0.1) is 6.92 Å². The van der Waals surface area contributed by atoms with Gasteiger partial charge in [0.15, 0.2) is 0 Å². The summed E-state index contributed by atoms with van der Waals surface area (Å²) in [4.78, 5) is 33.2. The zero-order chi connectivity index (χ0) is 17.6. The number of rotatable bonds is 3. The van der Waals surface area contributed by atoms with Gasteiger partial charge in [0.05, 0.1) is 16.1 Å². The Kier molecular flexibility index (Phi) is 6.28. The summed E-state index contributed by atoms with van der Waals surface area (Å²) in [5.74, 6) is -2.22. The van der Waals surface area contributed by atoms with Gasteiger partial charge < -0.3 is 15.9 Å². The lowest BCUT2D eigenvalue weighted by Crippen LogP contribution is -2.30. The maximum absolute atomic E-state index is 10.6. The summed E-state index contributed by atoms with van der Waals surface area (Å²) in [6.45, 7) is 1.48. The maximum atomic E-state index is 10.6. The van der Waals surface area contributed by atoms with E-state index >= 15 is 0 Å². The topological polar surface area (TPSA) is 121 Å². The number of primary amides is 1. The molecule has 0 fully saturated rings. The van der Waals surface area contributed by atoms with E-state index in [0.29, 0.717) is 0 Å². The van der Waals surface area contributed by atoms with Gasteiger partial charge in [0.25, 0.3) is 0 Å². The Bertz CT molecular complexity index is 680. The first kappa shape index (κ1) is 18.2. The van der Waals surface area contributed by atoms with Gasteiger partial charge in [0.2, 0.25) is 0 Å². The van der Waals surface area contributed by atoms with E-state index in [1.54, 1.807) is 7.05 Å². The Morgan fingerprint density at radius 3 is 1.91 bits per heavy atom. The van der Waals surface area contributed by atoms with Crippen LogP contribution in [0.5, 0.6) is 0 Å². The van der Waals surface area contributed by atoms with Gasteiger partial charge in [-0.05, 0) is 42.1 Å². The quantitative estimate of drug-likeness (QED) is 0.795. The van der Waals surface area contributed by atoms with Crippen LogP contribution in [0.25, 0.3) is 0 Å². The number of hydrogen-bond donors (Lipinski definition) is 3. The van der Waals surface area contributed by atoms with E-state index in [9.17, 15) is 14.4 Å². The van der Waals surface area contributed by atoms with Crippen LogP contribution in [0.4, 0.5) is 9.80 Å². The van der Waals surface area contributed by atoms with Crippen molar-refractivity contribution < 1.29 is 24.6 Å². The number of aromatic carboxylic acids is 2. The molecule has 0 saturated carbocycles. The molecule has 2 aromatic rings. The highest BCUT2D eigenvalue weighted by Gasteiger charge is 2.13. The van der Waals surface area contributed by atoms with Gasteiger partial charge in [-0.25, -0.2) is 14.4 Å². The number of thiophene rings is 1. The number of benzene rings is 1. The van der Waals surface area contributed by atoms with E-state index in [1.807, 2.05) is 17.5 Å². The highest BCUT2D eigenvalue weighted by Crippen LogP contribution is 2.18. The third-order valence-corrected chi connectivity index (χ3v) is 3.91. The fourth-order valence-corrected chi connectivity index (χ4v) is 2.37. The van der Waals surface area contributed by atoms with Crippen molar-refractivity contribution >= 4 is 34.3 Å². The number of anilines is 1. The van der Waals surface area contributed by atoms with E-state index in [-0.39, 0.29) is 16.7 Å². The van der Waals surface area contributed by atoms with Crippen LogP contribution >= 0.6 is 11.3 Å². The molecule has 0 aliphatic carbocycles. The van der Waals surface area contributed by atoms with Crippen LogP contribution in [0.15, 0.2) is 35.7 Å². The predicted octanol–water partition coefficient (Wildman–Crippen LogP) is 2.65. The molecule has 1 aromatic carbocycles. The van der Waals surface area contributed by atoms with Crippen molar-refractivity contribution in [3.05, 3.63) is 52.4 Å². The molecule has 0 unspecified atom stereocenters. The fraction of sp³-hybridized carbons (Fsp3) is 0.133. The standard InChI is InChI=1S/C9H8O4.C6H8N2OS/c1-5-6(8(10)11)3-2-4-7(5)9(12)13;1-8(6(7)9)5-3-2-4-10-5/h2-4H,1H3,(H,10,11)(H,12,13);2-4H,1H3,(H2,7,9). The number of carboxylic acids is 2. The number of amides is 2. The molecule has 0 spiro atoms. The minimum absolute atomic E-state index is 0.0277. The highest BCUT2D eigenvalue weighted by molar-refractivity contribution is 7.14. The van der Waals surface area contributed by atoms with Crippen molar-refractivity contribution in [1.82, 2.24) is 0 Å². The Morgan fingerprint density at radius 1 is 1.04 bits per heavy atom. The molecule has 0 aliphatic heterocycles. The molecule has 1 aromatic heterocycles. The summed E-state index contributed by atoms with van der Waals surface area (Å²) in [7, 11) is 1.65. The van der Waals surface area contributed by atoms with Crippen LogP contribution < -0.4 is 10.6 Å². The van der Waals surface area contributed by atoms with Crippen molar-refractivity contribution in [3.63, 3.8) is 0 Å². The molecule has 0 aliphatic rings. The number of urea groups is 1. The van der Waals surface area contributed by atoms with Gasteiger partial charge in [-0.3, -0.25) is 4.90 Å². The zero-order valence-corrected chi connectivity index (χ0v) is 13.3. The van der Waals surface area contributed by atoms with E-state index < -0.39 is 18.0 Å². The molecule has 4 N–H and O–H groups in total. The maximum Gasteiger partial charge on any atom is 0.335 e. The summed E-state index contributed by atoms with van der Waals surface area (Å²) < 4.78 is 0. The number of carbonyl (C=O) groups excluding carboxylic acids is 1. The largest absolute Gasteiger partial charge is 0.478 e. The first-order valence-corrected chi connectivity index (χ1v) is 7.26. The van der Waals surface area contributed by atoms with Crippen molar-refractivity contribution in [2.24, 2.45) is 5.73 Å². The fourth-order valence-electron chi connectivity index (χ4n) is 1.67. The van der Waals surface area contributed by atoms with Crippen molar-refractivity contribution in [2.45, 2.75) is 6.92 Å². The number of carboxylic acid groups (broad SMARTS) is 2. The van der Waals surface area contributed by atoms with Gasteiger partial charge >= 0.3 is 18.0 Å². The highest BCUT2D eigenvalue weighted by atomic mass is 32.1. The van der Waals surface area contributed by atoms with Gasteiger partial charge in [0, 0.05) is 7.05 Å². The average Bonchev–Trinajstić information content (AvgIpc) is 3.00. The van der Waals surface area contributed by atoms with E-state index in [1.165, 1.54) is 41.4 Å². The van der Waals surface area contributed by atoms with E-state index in [2.05, 4.69) is 0 Å². The molecule has 0 radical (unpaired) electrons. The molecule has 2 amide bonds. The lowest BCUT2D eigenvalue weighted by Gasteiger charge is -2.09. The molecule has 2 rings (SSSR count). The Labute approximate surface area is 136 Å². The van der Waals surface area contributed by atoms with E-state index in [4.69, 9.17) is 15.9 Å². The number of carbonyl (C=O) groups is 3. The number of hydrogen-bond acceptors (Lipinski definition) is 4. The normalized spacial score (nSPS) is 9.48. The molecule has 1 heterocycles. The van der Waals surface area contributed by atoms with Crippen LogP contribution in [0.2, 0.25) is 0 Å². The van der Waals surface area contributed by atoms with Crippen LogP contribution in [0.3, 0.4) is 0 Å². The summed E-state index contributed by atoms with van der Waals surface area (Å²) in [5.41, 5.74) is 5.36. The van der Waals surface area contributed by atoms with Gasteiger partial charge in [-0.2, -0.15) is 0 Å². The van der Waals surface area contributed by atoms with Crippen LogP contribution in [-0.2, 0) is 0 Å². The van der Waals surface area contributed by atoms with Crippen molar-refractivity contribution in [3.8, 4) is 0 Å². The van der Waals surface area contributed by atoms with E-state index in [0.717, 1.165) is 5.00 Å². The van der Waals surface area contributed by atoms with Gasteiger partial charge in [0.1, 0.15) is 0 Å². The Balaban J connectivity index is 0.000000238. The zero-order valence-electron chi connectivity index (χ0n) is 12.5. The smallest absolute Gasteiger partial charge is 0.335 e. The average molecular weight is 336 g/mol. The molecular weight excluding hydrogens is 320 g/mol. The van der Waals surface area contributed by atoms with Gasteiger partial charge in [-0.15, -0.1) is 11.3 Å². The van der Waals surface area contributed by atoms with Crippen molar-refractivity contribution in [2.75, 3.05) is 11.9 Å². The lowest BCUT2D eigenvalue weighted by atomic mass is 10.0. The predicted molar refractivity (Wildman–Crippen MR) is 87.4 cm³/mol. The SMILES string of the molecule is CN(C(N)=O)c1cccs1.Cc1c(C(=O)O)cccc1C(=O)O. The summed E-state index contributed by atoms with van der Waals surface area (Å²) >= 11 is 1.48. The molecule has 0 saturated heterocycles. The first-order chi connectivity index (χ1) is 10.8. The molecule has 0 atom stereocenters. The second kappa shape index (κ2) is 7.95. The molecule has 8 heteroatoms. The Morgan fingerprint density at radius 2 is 1.57 bits per heavy atom. The summed E-state index contributed by atoms with van der Waals surface area (Å²) in [6, 6.07) is 7.46. The third kappa shape index (κ3) is 4.82. The minimum Gasteiger partial charge on any atom is -0.478 e. The summed E-state index contributed by atoms with van der Waals surface area (Å²) in [6.07, 6.45) is 0. The first-order valence-electron chi connectivity index (χ1n) is 6.38. The van der Waals surface area contributed by atoms with Crippen molar-refractivity contribution in [1.29, 1.82) is 0 Å². The lowest BCUT2D eigenvalue weighted by molar-refractivity contribution is 0.0696. The molecule has 0 bridgehead atoms. The molecule has 7 nitrogen and oxygen atoms in total. The second-order valence-electron chi connectivity index (χ2n) is 4.44. The number of nitrogens with zero attached hydrogens (tertiary/aromatic N) is 1. The van der Waals surface area contributed by atoms with Crippen LogP contribution in [-0.4, -0.2) is 35.2 Å². The monoisotopic (exact) mass is 336 g/mol. The molecule has 122 valence electrons. The number of nitrogens with two attached hydrogens (primary N) is 1. The van der Waals surface area contributed by atoms with Crippen LogP contribution in [0.1, 0.15) is 26.3 Å². The third-order valence-electron chi connectivity index (χ3n) is 2.96. The molecule has 23 heavy (non-hydrogen) atoms. The Hall–Kier alpha value is -2.87. The minimum atomic E-state index is -1.11.